The fraction of sp³-hybridized carbons (Fsp3) is 0.591. The molecule has 0 radical (unpaired) electrons. The molecule has 1 aliphatic rings. The van der Waals surface area contributed by atoms with Gasteiger partial charge in [-0.25, -0.2) is 4.98 Å². The number of hydrogen-bond donors (Lipinski definition) is 1. The Balaban J connectivity index is 1.79. The van der Waals surface area contributed by atoms with Crippen molar-refractivity contribution in [2.75, 3.05) is 33.9 Å². The van der Waals surface area contributed by atoms with Gasteiger partial charge in [0, 0.05) is 18.7 Å². The summed E-state index contributed by atoms with van der Waals surface area (Å²) in [4.78, 5) is 37.0. The normalized spacial score (nSPS) is 16.8. The first-order chi connectivity index (χ1) is 14.5. The quantitative estimate of drug-likeness (QED) is 0.712. The Morgan fingerprint density at radius 2 is 1.97 bits per heavy atom. The first-order valence-corrected chi connectivity index (χ1v) is 10.7. The Hall–Kier alpha value is -2.61. The van der Waals surface area contributed by atoms with Crippen LogP contribution in [0, 0.1) is 0 Å². The van der Waals surface area contributed by atoms with Gasteiger partial charge in [0.05, 0.1) is 38.2 Å². The monoisotopic (exact) mass is 416 g/mol. The topological polar surface area (TPSA) is 87.8 Å². The minimum atomic E-state index is -0.236. The third-order valence-electron chi connectivity index (χ3n) is 5.86. The number of carbonyl (C=O) groups excluding carboxylic acids is 1. The van der Waals surface area contributed by atoms with E-state index in [2.05, 4.69) is 16.9 Å². The fourth-order valence-electron chi connectivity index (χ4n) is 4.12. The van der Waals surface area contributed by atoms with Crippen molar-refractivity contribution in [3.05, 3.63) is 28.3 Å². The number of nitrogens with zero attached hydrogens (tertiary/aromatic N) is 3. The SMILES string of the molecule is CC[C@H]1CCCCN1C(=O)CN(CC)Cc1nc2cc(OC)c(OC)cc2c(=O)[nH]1. The maximum Gasteiger partial charge on any atom is 0.258 e. The summed E-state index contributed by atoms with van der Waals surface area (Å²) in [6.07, 6.45) is 4.33. The van der Waals surface area contributed by atoms with Gasteiger partial charge < -0.3 is 19.4 Å². The van der Waals surface area contributed by atoms with Crippen LogP contribution >= 0.6 is 0 Å². The fourth-order valence-corrected chi connectivity index (χ4v) is 4.12. The number of ether oxygens (including phenoxy) is 2. The van der Waals surface area contributed by atoms with E-state index in [1.165, 1.54) is 13.5 Å². The molecule has 164 valence electrons. The van der Waals surface area contributed by atoms with Crippen LogP contribution in [-0.2, 0) is 11.3 Å². The van der Waals surface area contributed by atoms with E-state index < -0.39 is 0 Å². The van der Waals surface area contributed by atoms with E-state index >= 15 is 0 Å². The van der Waals surface area contributed by atoms with Gasteiger partial charge in [-0.05, 0) is 38.3 Å². The van der Waals surface area contributed by atoms with Gasteiger partial charge in [-0.3, -0.25) is 14.5 Å². The highest BCUT2D eigenvalue weighted by atomic mass is 16.5. The Morgan fingerprint density at radius 3 is 2.63 bits per heavy atom. The molecule has 0 unspecified atom stereocenters. The van der Waals surface area contributed by atoms with Gasteiger partial charge in [0.2, 0.25) is 5.91 Å². The number of H-pyrrole nitrogens is 1. The maximum atomic E-state index is 12.9. The molecule has 1 aromatic heterocycles. The predicted octanol–water partition coefficient (Wildman–Crippen LogP) is 2.55. The number of likely N-dealkylation sites (N-methyl/N-ethyl adjacent to an activating group) is 1. The summed E-state index contributed by atoms with van der Waals surface area (Å²) in [5.41, 5.74) is 0.302. The molecular weight excluding hydrogens is 384 g/mol. The standard InChI is InChI=1S/C22H32N4O4/c1-5-15-9-7-8-10-26(15)21(27)14-25(6-2)13-20-23-17-12-19(30-4)18(29-3)11-16(17)22(28)24-20/h11-12,15H,5-10,13-14H2,1-4H3,(H,23,24,28)/t15-/m0/s1. The second-order valence-corrected chi connectivity index (χ2v) is 7.69. The summed E-state index contributed by atoms with van der Waals surface area (Å²) in [6, 6.07) is 3.67. The van der Waals surface area contributed by atoms with Crippen LogP contribution in [0.15, 0.2) is 16.9 Å². The lowest BCUT2D eigenvalue weighted by Gasteiger charge is -2.36. The Labute approximate surface area is 177 Å². The average molecular weight is 417 g/mol. The lowest BCUT2D eigenvalue weighted by atomic mass is 10.00. The number of amides is 1. The molecule has 1 fully saturated rings. The predicted molar refractivity (Wildman–Crippen MR) is 116 cm³/mol. The number of likely N-dealkylation sites (tertiary alicyclic amines) is 1. The summed E-state index contributed by atoms with van der Waals surface area (Å²) in [6.45, 7) is 6.38. The van der Waals surface area contributed by atoms with E-state index in [4.69, 9.17) is 9.47 Å². The highest BCUT2D eigenvalue weighted by molar-refractivity contribution is 5.82. The zero-order valence-corrected chi connectivity index (χ0v) is 18.4. The number of rotatable bonds is 8. The number of benzene rings is 1. The molecule has 2 heterocycles. The number of hydrogen-bond acceptors (Lipinski definition) is 6. The van der Waals surface area contributed by atoms with Gasteiger partial charge in [-0.1, -0.05) is 13.8 Å². The number of fused-ring (bicyclic) bond motifs is 1. The molecule has 1 aliphatic heterocycles. The molecule has 30 heavy (non-hydrogen) atoms. The molecule has 0 saturated carbocycles. The van der Waals surface area contributed by atoms with E-state index in [1.54, 1.807) is 19.2 Å². The number of carbonyl (C=O) groups is 1. The zero-order chi connectivity index (χ0) is 21.7. The number of nitrogens with one attached hydrogen (secondary N) is 1. The minimum absolute atomic E-state index is 0.151. The second-order valence-electron chi connectivity index (χ2n) is 7.69. The van der Waals surface area contributed by atoms with Crippen LogP contribution in [0.3, 0.4) is 0 Å². The molecule has 0 aliphatic carbocycles. The summed E-state index contributed by atoms with van der Waals surface area (Å²) >= 11 is 0. The Kier molecular flexibility index (Phi) is 7.31. The lowest BCUT2D eigenvalue weighted by molar-refractivity contribution is -0.136. The Morgan fingerprint density at radius 1 is 1.23 bits per heavy atom. The number of piperidine rings is 1. The van der Waals surface area contributed by atoms with Crippen molar-refractivity contribution in [2.45, 2.75) is 52.1 Å². The molecule has 0 bridgehead atoms. The van der Waals surface area contributed by atoms with Crippen molar-refractivity contribution < 1.29 is 14.3 Å². The van der Waals surface area contributed by atoms with E-state index in [9.17, 15) is 9.59 Å². The van der Waals surface area contributed by atoms with E-state index in [0.29, 0.717) is 53.9 Å². The van der Waals surface area contributed by atoms with E-state index in [1.807, 2.05) is 16.7 Å². The van der Waals surface area contributed by atoms with Crippen molar-refractivity contribution in [3.8, 4) is 11.5 Å². The number of methoxy groups -OCH3 is 2. The smallest absolute Gasteiger partial charge is 0.258 e. The van der Waals surface area contributed by atoms with E-state index in [-0.39, 0.29) is 11.5 Å². The van der Waals surface area contributed by atoms with Crippen molar-refractivity contribution in [1.82, 2.24) is 19.8 Å². The van der Waals surface area contributed by atoms with Gasteiger partial charge in [0.25, 0.3) is 5.56 Å². The lowest BCUT2D eigenvalue weighted by Crippen LogP contribution is -2.47. The van der Waals surface area contributed by atoms with E-state index in [0.717, 1.165) is 25.8 Å². The van der Waals surface area contributed by atoms with Crippen molar-refractivity contribution in [3.63, 3.8) is 0 Å². The molecular formula is C22H32N4O4. The van der Waals surface area contributed by atoms with Crippen molar-refractivity contribution >= 4 is 16.8 Å². The zero-order valence-electron chi connectivity index (χ0n) is 18.4. The summed E-state index contributed by atoms with van der Waals surface area (Å²) in [5.74, 6) is 1.68. The molecule has 1 N–H and O–H groups in total. The first-order valence-electron chi connectivity index (χ1n) is 10.7. The molecule has 1 aromatic carbocycles. The summed E-state index contributed by atoms with van der Waals surface area (Å²) < 4.78 is 10.6. The van der Waals surface area contributed by atoms with Crippen molar-refractivity contribution in [1.29, 1.82) is 0 Å². The average Bonchev–Trinajstić information content (AvgIpc) is 2.77. The molecule has 0 spiro atoms. The summed E-state index contributed by atoms with van der Waals surface area (Å²) in [5, 5.41) is 0.439. The van der Waals surface area contributed by atoms with Crippen LogP contribution in [0.2, 0.25) is 0 Å². The van der Waals surface area contributed by atoms with Crippen LogP contribution in [0.4, 0.5) is 0 Å². The van der Waals surface area contributed by atoms with Gasteiger partial charge in [0.1, 0.15) is 5.82 Å². The number of aromatic nitrogens is 2. The van der Waals surface area contributed by atoms with Crippen LogP contribution in [0.1, 0.15) is 45.4 Å². The third-order valence-corrected chi connectivity index (χ3v) is 5.86. The highest BCUT2D eigenvalue weighted by Crippen LogP contribution is 2.30. The number of aromatic amines is 1. The second kappa shape index (κ2) is 9.93. The molecule has 1 atom stereocenters. The van der Waals surface area contributed by atoms with Gasteiger partial charge in [-0.15, -0.1) is 0 Å². The van der Waals surface area contributed by atoms with Gasteiger partial charge >= 0.3 is 0 Å². The maximum absolute atomic E-state index is 12.9. The molecule has 3 rings (SSSR count). The van der Waals surface area contributed by atoms with Crippen LogP contribution in [0.25, 0.3) is 10.9 Å². The molecule has 8 heteroatoms. The van der Waals surface area contributed by atoms with Crippen LogP contribution in [0.5, 0.6) is 11.5 Å². The minimum Gasteiger partial charge on any atom is -0.493 e. The highest BCUT2D eigenvalue weighted by Gasteiger charge is 2.26. The van der Waals surface area contributed by atoms with Crippen LogP contribution in [-0.4, -0.2) is 65.6 Å². The van der Waals surface area contributed by atoms with Gasteiger partial charge in [-0.2, -0.15) is 0 Å². The molecule has 1 amide bonds. The largest absolute Gasteiger partial charge is 0.493 e. The third kappa shape index (κ3) is 4.75. The molecule has 2 aromatic rings. The molecule has 1 saturated heterocycles. The first kappa shape index (κ1) is 22.1. The van der Waals surface area contributed by atoms with Crippen LogP contribution < -0.4 is 15.0 Å². The Bertz CT molecular complexity index is 943. The van der Waals surface area contributed by atoms with Gasteiger partial charge in [0.15, 0.2) is 11.5 Å². The summed E-state index contributed by atoms with van der Waals surface area (Å²) in [7, 11) is 3.08. The molecule has 8 nitrogen and oxygen atoms in total. The van der Waals surface area contributed by atoms with Crippen molar-refractivity contribution in [2.24, 2.45) is 0 Å².